The van der Waals surface area contributed by atoms with Crippen LogP contribution in [-0.2, 0) is 0 Å². The zero-order valence-electron chi connectivity index (χ0n) is 11.2. The summed E-state index contributed by atoms with van der Waals surface area (Å²) < 4.78 is 13.9. The number of hydrogen-bond acceptors (Lipinski definition) is 2. The Bertz CT molecular complexity index is 861. The van der Waals surface area contributed by atoms with Crippen molar-refractivity contribution in [3.63, 3.8) is 0 Å². The van der Waals surface area contributed by atoms with Crippen LogP contribution in [-0.4, -0.2) is 10.8 Å². The molecule has 0 aliphatic rings. The van der Waals surface area contributed by atoms with Crippen LogP contribution in [0, 0.1) is 12.7 Å². The van der Waals surface area contributed by atoms with Crippen LogP contribution < -0.4 is 0 Å². The first kappa shape index (κ1) is 13.9. The summed E-state index contributed by atoms with van der Waals surface area (Å²) in [5.41, 5.74) is 1.96. The minimum Gasteiger partial charge on any atom is -0.287 e. The minimum atomic E-state index is -0.322. The van der Waals surface area contributed by atoms with Gasteiger partial charge in [0.2, 0.25) is 5.78 Å². The number of halogens is 2. The Morgan fingerprint density at radius 2 is 1.90 bits per heavy atom. The third-order valence-electron chi connectivity index (χ3n) is 3.31. The maximum atomic E-state index is 13.3. The smallest absolute Gasteiger partial charge is 0.212 e. The monoisotopic (exact) mass is 343 g/mol. The van der Waals surface area contributed by atoms with Crippen molar-refractivity contribution in [2.45, 2.75) is 6.92 Å². The molecule has 104 valence electrons. The lowest BCUT2D eigenvalue weighted by Gasteiger charge is -2.06. The highest BCUT2D eigenvalue weighted by Gasteiger charge is 2.16. The van der Waals surface area contributed by atoms with Gasteiger partial charge in [0, 0.05) is 15.4 Å². The van der Waals surface area contributed by atoms with E-state index in [1.54, 1.807) is 13.0 Å². The highest BCUT2D eigenvalue weighted by molar-refractivity contribution is 9.10. The van der Waals surface area contributed by atoms with Crippen LogP contribution in [0.5, 0.6) is 0 Å². The quantitative estimate of drug-likeness (QED) is 0.632. The maximum absolute atomic E-state index is 13.3. The van der Waals surface area contributed by atoms with Crippen molar-refractivity contribution >= 4 is 32.6 Å². The number of aryl methyl sites for hydroxylation is 1. The van der Waals surface area contributed by atoms with Gasteiger partial charge in [-0.15, -0.1) is 0 Å². The lowest BCUT2D eigenvalue weighted by Crippen LogP contribution is -2.06. The topological polar surface area (TPSA) is 30.0 Å². The number of ketones is 1. The summed E-state index contributed by atoms with van der Waals surface area (Å²) >= 11 is 3.39. The van der Waals surface area contributed by atoms with E-state index in [0.717, 1.165) is 10.9 Å². The molecular weight excluding hydrogens is 333 g/mol. The van der Waals surface area contributed by atoms with Crippen LogP contribution in [0.2, 0.25) is 0 Å². The summed E-state index contributed by atoms with van der Waals surface area (Å²) in [6.07, 6.45) is 0. The van der Waals surface area contributed by atoms with Gasteiger partial charge < -0.3 is 0 Å². The van der Waals surface area contributed by atoms with E-state index in [0.29, 0.717) is 21.3 Å². The number of benzene rings is 2. The Labute approximate surface area is 129 Å². The summed E-state index contributed by atoms with van der Waals surface area (Å²) in [6, 6.07) is 13.8. The first-order valence-corrected chi connectivity index (χ1v) is 7.22. The van der Waals surface area contributed by atoms with Gasteiger partial charge in [0.15, 0.2) is 0 Å². The number of hydrogen-bond donors (Lipinski definition) is 0. The Morgan fingerprint density at radius 3 is 2.67 bits per heavy atom. The van der Waals surface area contributed by atoms with Crippen LogP contribution in [0.3, 0.4) is 0 Å². The average molecular weight is 344 g/mol. The summed E-state index contributed by atoms with van der Waals surface area (Å²) in [4.78, 5) is 17.0. The van der Waals surface area contributed by atoms with Crippen LogP contribution in [0.15, 0.2) is 53.0 Å². The van der Waals surface area contributed by atoms with Gasteiger partial charge in [-0.1, -0.05) is 18.2 Å². The molecule has 0 N–H and O–H groups in total. The van der Waals surface area contributed by atoms with Gasteiger partial charge in [-0.25, -0.2) is 9.37 Å². The molecule has 4 heteroatoms. The van der Waals surface area contributed by atoms with Crippen molar-refractivity contribution in [3.05, 3.63) is 75.6 Å². The number of pyridine rings is 1. The molecule has 0 bridgehead atoms. The molecule has 0 fully saturated rings. The molecule has 1 heterocycles. The van der Waals surface area contributed by atoms with Crippen molar-refractivity contribution in [2.24, 2.45) is 0 Å². The lowest BCUT2D eigenvalue weighted by atomic mass is 10.0. The second-order valence-corrected chi connectivity index (χ2v) is 5.66. The summed E-state index contributed by atoms with van der Waals surface area (Å²) in [6.45, 7) is 1.63. The second-order valence-electron chi connectivity index (χ2n) is 4.80. The summed E-state index contributed by atoms with van der Waals surface area (Å²) in [5.74, 6) is -0.548. The Hall–Kier alpha value is -2.07. The van der Waals surface area contributed by atoms with Gasteiger partial charge in [-0.3, -0.25) is 4.79 Å². The van der Waals surface area contributed by atoms with Crippen LogP contribution in [0.1, 0.15) is 21.6 Å². The highest BCUT2D eigenvalue weighted by atomic mass is 79.9. The average Bonchev–Trinajstić information content (AvgIpc) is 2.48. The Kier molecular flexibility index (Phi) is 3.55. The molecule has 0 amide bonds. The summed E-state index contributed by atoms with van der Waals surface area (Å²) in [5, 5.41) is 0.955. The predicted molar refractivity (Wildman–Crippen MR) is 84.0 cm³/mol. The first-order chi connectivity index (χ1) is 10.1. The molecule has 0 atom stereocenters. The molecule has 0 radical (unpaired) electrons. The number of carbonyl (C=O) groups is 1. The minimum absolute atomic E-state index is 0.226. The fourth-order valence-corrected chi connectivity index (χ4v) is 2.69. The van der Waals surface area contributed by atoms with E-state index in [9.17, 15) is 9.18 Å². The number of rotatable bonds is 2. The fraction of sp³-hybridized carbons (Fsp3) is 0.0588. The van der Waals surface area contributed by atoms with Crippen LogP contribution in [0.25, 0.3) is 10.9 Å². The molecule has 1 aromatic heterocycles. The van der Waals surface area contributed by atoms with Crippen molar-refractivity contribution in [3.8, 4) is 0 Å². The van der Waals surface area contributed by atoms with Gasteiger partial charge in [-0.2, -0.15) is 0 Å². The molecule has 3 aromatic rings. The van der Waals surface area contributed by atoms with E-state index in [-0.39, 0.29) is 11.6 Å². The lowest BCUT2D eigenvalue weighted by molar-refractivity contribution is 0.103. The van der Waals surface area contributed by atoms with E-state index < -0.39 is 0 Å². The number of para-hydroxylation sites is 1. The van der Waals surface area contributed by atoms with Crippen molar-refractivity contribution in [2.75, 3.05) is 0 Å². The van der Waals surface area contributed by atoms with Gasteiger partial charge in [-0.05, 0) is 58.7 Å². The normalized spacial score (nSPS) is 10.8. The number of nitrogens with zero attached hydrogens (tertiary/aromatic N) is 1. The molecule has 2 aromatic carbocycles. The van der Waals surface area contributed by atoms with Gasteiger partial charge >= 0.3 is 0 Å². The van der Waals surface area contributed by atoms with Gasteiger partial charge in [0.05, 0.1) is 5.52 Å². The molecule has 0 aliphatic carbocycles. The second kappa shape index (κ2) is 5.37. The zero-order chi connectivity index (χ0) is 15.0. The predicted octanol–water partition coefficient (Wildman–Crippen LogP) is 4.68. The van der Waals surface area contributed by atoms with Crippen LogP contribution in [0.4, 0.5) is 4.39 Å². The molecule has 0 saturated heterocycles. The van der Waals surface area contributed by atoms with Crippen LogP contribution >= 0.6 is 15.9 Å². The number of aromatic nitrogens is 1. The summed E-state index contributed by atoms with van der Waals surface area (Å²) in [7, 11) is 0. The van der Waals surface area contributed by atoms with E-state index in [1.807, 2.05) is 30.3 Å². The van der Waals surface area contributed by atoms with Crippen molar-refractivity contribution in [1.82, 2.24) is 4.98 Å². The molecule has 0 saturated carbocycles. The Balaban J connectivity index is 2.12. The third kappa shape index (κ3) is 2.59. The third-order valence-corrected chi connectivity index (χ3v) is 3.92. The maximum Gasteiger partial charge on any atom is 0.212 e. The van der Waals surface area contributed by atoms with E-state index in [2.05, 4.69) is 20.9 Å². The van der Waals surface area contributed by atoms with E-state index >= 15 is 0 Å². The van der Waals surface area contributed by atoms with E-state index in [1.165, 1.54) is 12.1 Å². The molecule has 2 nitrogen and oxygen atoms in total. The van der Waals surface area contributed by atoms with Crippen molar-refractivity contribution in [1.29, 1.82) is 0 Å². The van der Waals surface area contributed by atoms with Crippen molar-refractivity contribution < 1.29 is 9.18 Å². The van der Waals surface area contributed by atoms with Gasteiger partial charge in [0.1, 0.15) is 11.5 Å². The SMILES string of the molecule is Cc1cc(C(=O)c2nc3ccccc3cc2Br)ccc1F. The largest absolute Gasteiger partial charge is 0.287 e. The molecule has 3 rings (SSSR count). The molecule has 0 aliphatic heterocycles. The molecule has 0 unspecified atom stereocenters. The fourth-order valence-electron chi connectivity index (χ4n) is 2.17. The number of fused-ring (bicyclic) bond motifs is 1. The van der Waals surface area contributed by atoms with E-state index in [4.69, 9.17) is 0 Å². The Morgan fingerprint density at radius 1 is 1.14 bits per heavy atom. The standard InChI is InChI=1S/C17H11BrFNO/c1-10-8-12(6-7-14(10)19)17(21)16-13(18)9-11-4-2-3-5-15(11)20-16/h2-9H,1H3. The molecule has 21 heavy (non-hydrogen) atoms. The first-order valence-electron chi connectivity index (χ1n) is 6.42. The molecule has 0 spiro atoms. The zero-order valence-corrected chi connectivity index (χ0v) is 12.8. The molecular formula is C17H11BrFNO. The number of carbonyl (C=O) groups excluding carboxylic acids is 1. The highest BCUT2D eigenvalue weighted by Crippen LogP contribution is 2.24. The van der Waals surface area contributed by atoms with Gasteiger partial charge in [0.25, 0.3) is 0 Å².